The molecule has 168 valence electrons. The summed E-state index contributed by atoms with van der Waals surface area (Å²) in [7, 11) is 1.90. The lowest BCUT2D eigenvalue weighted by atomic mass is 9.95. The Labute approximate surface area is 183 Å². The Hall–Kier alpha value is -2.90. The van der Waals surface area contributed by atoms with Crippen LogP contribution in [-0.2, 0) is 24.8 Å². The van der Waals surface area contributed by atoms with E-state index in [9.17, 15) is 14.4 Å². The van der Waals surface area contributed by atoms with Gasteiger partial charge >= 0.3 is 0 Å². The average molecular weight is 428 g/mol. The molecule has 31 heavy (non-hydrogen) atoms. The third-order valence-corrected chi connectivity index (χ3v) is 6.10. The van der Waals surface area contributed by atoms with E-state index in [4.69, 9.17) is 0 Å². The normalized spacial score (nSPS) is 15.5. The molecule has 2 N–H and O–H groups in total. The van der Waals surface area contributed by atoms with Crippen molar-refractivity contribution in [2.75, 3.05) is 0 Å². The molecule has 1 aliphatic carbocycles. The minimum Gasteiger partial charge on any atom is -0.352 e. The summed E-state index contributed by atoms with van der Waals surface area (Å²) in [5.41, 5.74) is 2.78. The number of carbonyl (C=O) groups is 2. The van der Waals surface area contributed by atoms with Crippen LogP contribution in [0.3, 0.4) is 0 Å². The Morgan fingerprint density at radius 2 is 1.94 bits per heavy atom. The first kappa shape index (κ1) is 22.8. The largest absolute Gasteiger partial charge is 0.352 e. The van der Waals surface area contributed by atoms with Crippen molar-refractivity contribution < 1.29 is 9.59 Å². The molecule has 1 saturated carbocycles. The Bertz CT molecular complexity index is 1000. The Morgan fingerprint density at radius 3 is 2.58 bits per heavy atom. The third-order valence-electron chi connectivity index (χ3n) is 6.10. The molecule has 2 aromatic heterocycles. The van der Waals surface area contributed by atoms with Crippen molar-refractivity contribution in [2.45, 2.75) is 77.9 Å². The molecular weight excluding hydrogens is 394 g/mol. The number of nitrogens with zero attached hydrogens (tertiary/aromatic N) is 3. The van der Waals surface area contributed by atoms with Gasteiger partial charge in [0, 0.05) is 31.0 Å². The number of pyridine rings is 1. The van der Waals surface area contributed by atoms with Gasteiger partial charge in [-0.3, -0.25) is 19.1 Å². The van der Waals surface area contributed by atoms with Crippen molar-refractivity contribution in [1.29, 1.82) is 0 Å². The molecule has 0 bridgehead atoms. The van der Waals surface area contributed by atoms with Crippen LogP contribution < -0.4 is 16.2 Å². The summed E-state index contributed by atoms with van der Waals surface area (Å²) >= 11 is 0. The van der Waals surface area contributed by atoms with Gasteiger partial charge in [-0.1, -0.05) is 19.3 Å². The summed E-state index contributed by atoms with van der Waals surface area (Å²) in [6, 6.07) is 3.17. The summed E-state index contributed by atoms with van der Waals surface area (Å²) in [5, 5.41) is 10.3. The number of nitrogens with one attached hydrogen (secondary N) is 2. The van der Waals surface area contributed by atoms with E-state index in [0.717, 1.165) is 42.6 Å². The number of rotatable bonds is 7. The van der Waals surface area contributed by atoms with E-state index in [-0.39, 0.29) is 36.0 Å². The van der Waals surface area contributed by atoms with E-state index in [1.165, 1.54) is 17.1 Å². The fourth-order valence-corrected chi connectivity index (χ4v) is 4.29. The molecule has 1 aliphatic rings. The van der Waals surface area contributed by atoms with Crippen LogP contribution in [-0.4, -0.2) is 38.2 Å². The highest BCUT2D eigenvalue weighted by molar-refractivity contribution is 5.94. The number of hydrogen-bond donors (Lipinski definition) is 2. The van der Waals surface area contributed by atoms with Gasteiger partial charge in [0.05, 0.1) is 5.69 Å². The van der Waals surface area contributed by atoms with Gasteiger partial charge in [0.2, 0.25) is 5.91 Å². The summed E-state index contributed by atoms with van der Waals surface area (Å²) in [6.07, 6.45) is 7.49. The maximum Gasteiger partial charge on any atom is 0.263 e. The van der Waals surface area contributed by atoms with Crippen molar-refractivity contribution in [1.82, 2.24) is 25.0 Å². The molecule has 0 aromatic carbocycles. The van der Waals surface area contributed by atoms with Crippen LogP contribution in [0.1, 0.15) is 66.3 Å². The smallest absolute Gasteiger partial charge is 0.263 e. The predicted octanol–water partition coefficient (Wildman–Crippen LogP) is 2.01. The van der Waals surface area contributed by atoms with Crippen molar-refractivity contribution in [2.24, 2.45) is 7.05 Å². The number of carbonyl (C=O) groups excluding carboxylic acids is 2. The Kier molecular flexibility index (Phi) is 7.30. The van der Waals surface area contributed by atoms with E-state index in [0.29, 0.717) is 6.42 Å². The highest BCUT2D eigenvalue weighted by Gasteiger charge is 2.20. The molecular formula is C23H33N5O3. The number of aromatic nitrogens is 3. The first-order valence-electron chi connectivity index (χ1n) is 11.0. The summed E-state index contributed by atoms with van der Waals surface area (Å²) in [4.78, 5) is 37.9. The predicted molar refractivity (Wildman–Crippen MR) is 119 cm³/mol. The van der Waals surface area contributed by atoms with E-state index < -0.39 is 5.56 Å². The summed E-state index contributed by atoms with van der Waals surface area (Å²) in [6.45, 7) is 5.77. The minimum absolute atomic E-state index is 0.0792. The topological polar surface area (TPSA) is 98.0 Å². The molecule has 2 heterocycles. The van der Waals surface area contributed by atoms with E-state index in [2.05, 4.69) is 15.7 Å². The number of hydrogen-bond acceptors (Lipinski definition) is 4. The quantitative estimate of drug-likeness (QED) is 0.706. The van der Waals surface area contributed by atoms with Crippen LogP contribution in [0.15, 0.2) is 23.1 Å². The lowest BCUT2D eigenvalue weighted by molar-refractivity contribution is -0.122. The zero-order chi connectivity index (χ0) is 22.5. The first-order valence-corrected chi connectivity index (χ1v) is 11.0. The highest BCUT2D eigenvalue weighted by atomic mass is 16.2. The molecule has 0 unspecified atom stereocenters. The second-order valence-electron chi connectivity index (χ2n) is 8.61. The second-order valence-corrected chi connectivity index (χ2v) is 8.61. The van der Waals surface area contributed by atoms with E-state index >= 15 is 0 Å². The fraction of sp³-hybridized carbons (Fsp3) is 0.565. The zero-order valence-corrected chi connectivity index (χ0v) is 18.9. The SMILES string of the molecule is Cc1nn(C)c(C)c1C[C@H](C)NC(=O)Cn1cccc(C(=O)NC2CCCCC2)c1=O. The fourth-order valence-electron chi connectivity index (χ4n) is 4.29. The average Bonchev–Trinajstić information content (AvgIpc) is 2.96. The molecule has 0 spiro atoms. The molecule has 2 aromatic rings. The van der Waals surface area contributed by atoms with Crippen LogP contribution in [0.4, 0.5) is 0 Å². The molecule has 8 nitrogen and oxygen atoms in total. The molecule has 8 heteroatoms. The van der Waals surface area contributed by atoms with Gasteiger partial charge in [-0.05, 0) is 57.7 Å². The van der Waals surface area contributed by atoms with Crippen LogP contribution in [0.5, 0.6) is 0 Å². The summed E-state index contributed by atoms with van der Waals surface area (Å²) in [5.74, 6) is -0.624. The maximum absolute atomic E-state index is 12.8. The monoisotopic (exact) mass is 427 g/mol. The molecule has 0 radical (unpaired) electrons. The van der Waals surface area contributed by atoms with E-state index in [1.54, 1.807) is 12.3 Å². The van der Waals surface area contributed by atoms with Crippen LogP contribution in [0.25, 0.3) is 0 Å². The van der Waals surface area contributed by atoms with Crippen molar-refractivity contribution >= 4 is 11.8 Å². The van der Waals surface area contributed by atoms with Gasteiger partial charge in [0.1, 0.15) is 12.1 Å². The highest BCUT2D eigenvalue weighted by Crippen LogP contribution is 2.17. The van der Waals surface area contributed by atoms with Crippen LogP contribution in [0, 0.1) is 13.8 Å². The van der Waals surface area contributed by atoms with Crippen molar-refractivity contribution in [3.63, 3.8) is 0 Å². The van der Waals surface area contributed by atoms with E-state index in [1.807, 2.05) is 32.5 Å². The third kappa shape index (κ3) is 5.62. The van der Waals surface area contributed by atoms with Gasteiger partial charge in [-0.25, -0.2) is 0 Å². The molecule has 1 fully saturated rings. The Balaban J connectivity index is 1.61. The molecule has 2 amide bonds. The van der Waals surface area contributed by atoms with Gasteiger partial charge < -0.3 is 15.2 Å². The molecule has 1 atom stereocenters. The van der Waals surface area contributed by atoms with Gasteiger partial charge in [0.25, 0.3) is 11.5 Å². The first-order chi connectivity index (χ1) is 14.8. The van der Waals surface area contributed by atoms with Gasteiger partial charge in [0.15, 0.2) is 0 Å². The minimum atomic E-state index is -0.447. The lowest BCUT2D eigenvalue weighted by Crippen LogP contribution is -2.42. The number of aryl methyl sites for hydroxylation is 2. The maximum atomic E-state index is 12.8. The van der Waals surface area contributed by atoms with Crippen molar-refractivity contribution in [3.8, 4) is 0 Å². The molecule has 0 saturated heterocycles. The van der Waals surface area contributed by atoms with Crippen LogP contribution in [0.2, 0.25) is 0 Å². The molecule has 0 aliphatic heterocycles. The van der Waals surface area contributed by atoms with Crippen molar-refractivity contribution in [3.05, 3.63) is 51.2 Å². The lowest BCUT2D eigenvalue weighted by Gasteiger charge is -2.22. The second kappa shape index (κ2) is 9.94. The zero-order valence-electron chi connectivity index (χ0n) is 18.9. The number of amides is 2. The standard InChI is InChI=1S/C23H33N5O3/c1-15(13-20-16(2)26-27(4)17(20)3)24-21(29)14-28-12-8-11-19(23(28)31)22(30)25-18-9-6-5-7-10-18/h8,11-12,15,18H,5-7,9-10,13-14H2,1-4H3,(H,24,29)(H,25,30)/t15-/m0/s1. The summed E-state index contributed by atoms with van der Waals surface area (Å²) < 4.78 is 3.13. The van der Waals surface area contributed by atoms with Crippen LogP contribution >= 0.6 is 0 Å². The van der Waals surface area contributed by atoms with Gasteiger partial charge in [-0.15, -0.1) is 0 Å². The Morgan fingerprint density at radius 1 is 1.23 bits per heavy atom. The van der Waals surface area contributed by atoms with Gasteiger partial charge in [-0.2, -0.15) is 5.10 Å². The molecule has 3 rings (SSSR count).